The zero-order chi connectivity index (χ0) is 9.10. The van der Waals surface area contributed by atoms with Crippen LogP contribution in [0.25, 0.3) is 0 Å². The van der Waals surface area contributed by atoms with Crippen molar-refractivity contribution in [2.45, 2.75) is 25.3 Å². The summed E-state index contributed by atoms with van der Waals surface area (Å²) < 4.78 is 0. The van der Waals surface area contributed by atoms with Gasteiger partial charge < -0.3 is 10.4 Å². The molecular formula is C10H14N2O. The molecule has 1 aliphatic heterocycles. The second-order valence-corrected chi connectivity index (χ2v) is 3.41. The van der Waals surface area contributed by atoms with Crippen LogP contribution in [0.5, 0.6) is 5.75 Å². The van der Waals surface area contributed by atoms with Gasteiger partial charge in [0.2, 0.25) is 0 Å². The van der Waals surface area contributed by atoms with Crippen LogP contribution in [-0.4, -0.2) is 16.6 Å². The number of hydrogen-bond acceptors (Lipinski definition) is 3. The number of rotatable bonds is 1. The summed E-state index contributed by atoms with van der Waals surface area (Å²) in [6, 6.07) is 3.69. The van der Waals surface area contributed by atoms with Gasteiger partial charge in [-0.2, -0.15) is 0 Å². The van der Waals surface area contributed by atoms with E-state index < -0.39 is 0 Å². The van der Waals surface area contributed by atoms with Crippen molar-refractivity contribution >= 4 is 0 Å². The molecule has 1 atom stereocenters. The maximum atomic E-state index is 9.56. The van der Waals surface area contributed by atoms with Crippen LogP contribution in [-0.2, 0) is 0 Å². The molecule has 1 saturated heterocycles. The van der Waals surface area contributed by atoms with E-state index in [2.05, 4.69) is 10.3 Å². The molecule has 0 spiro atoms. The van der Waals surface area contributed by atoms with E-state index in [1.807, 2.05) is 0 Å². The molecule has 13 heavy (non-hydrogen) atoms. The highest BCUT2D eigenvalue weighted by molar-refractivity contribution is 5.27. The third-order valence-electron chi connectivity index (χ3n) is 2.46. The minimum atomic E-state index is 0.245. The molecule has 2 heterocycles. The zero-order valence-electron chi connectivity index (χ0n) is 7.53. The average molecular weight is 178 g/mol. The number of hydrogen-bond donors (Lipinski definition) is 2. The molecule has 1 aromatic rings. The fourth-order valence-corrected chi connectivity index (χ4v) is 1.76. The molecule has 1 aliphatic rings. The molecule has 70 valence electrons. The monoisotopic (exact) mass is 178 g/mol. The maximum Gasteiger partial charge on any atom is 0.138 e. The van der Waals surface area contributed by atoms with Crippen molar-refractivity contribution in [3.8, 4) is 5.75 Å². The quantitative estimate of drug-likeness (QED) is 0.686. The van der Waals surface area contributed by atoms with Crippen molar-refractivity contribution in [2.24, 2.45) is 0 Å². The van der Waals surface area contributed by atoms with Gasteiger partial charge in [0.25, 0.3) is 0 Å². The average Bonchev–Trinajstić information content (AvgIpc) is 2.20. The van der Waals surface area contributed by atoms with Crippen LogP contribution in [0.1, 0.15) is 31.0 Å². The SMILES string of the molecule is Oc1cccnc1[C@@H]1CCCCN1. The molecule has 0 saturated carbocycles. The third-order valence-corrected chi connectivity index (χ3v) is 2.46. The fraction of sp³-hybridized carbons (Fsp3) is 0.500. The van der Waals surface area contributed by atoms with Gasteiger partial charge in [-0.1, -0.05) is 6.42 Å². The fourth-order valence-electron chi connectivity index (χ4n) is 1.76. The predicted molar refractivity (Wildman–Crippen MR) is 50.5 cm³/mol. The Morgan fingerprint density at radius 2 is 2.38 bits per heavy atom. The third kappa shape index (κ3) is 1.80. The summed E-state index contributed by atoms with van der Waals surface area (Å²) in [5.41, 5.74) is 0.794. The first-order valence-corrected chi connectivity index (χ1v) is 4.75. The summed E-state index contributed by atoms with van der Waals surface area (Å²) in [4.78, 5) is 4.19. The lowest BCUT2D eigenvalue weighted by atomic mass is 10.0. The Hall–Kier alpha value is -1.09. The lowest BCUT2D eigenvalue weighted by Gasteiger charge is -2.23. The van der Waals surface area contributed by atoms with Crippen LogP contribution >= 0.6 is 0 Å². The highest BCUT2D eigenvalue weighted by Crippen LogP contribution is 2.27. The number of piperidine rings is 1. The van der Waals surface area contributed by atoms with Crippen molar-refractivity contribution < 1.29 is 5.11 Å². The van der Waals surface area contributed by atoms with Gasteiger partial charge in [0.15, 0.2) is 0 Å². The Balaban J connectivity index is 2.18. The Bertz CT molecular complexity index is 282. The molecule has 2 N–H and O–H groups in total. The van der Waals surface area contributed by atoms with Crippen LogP contribution < -0.4 is 5.32 Å². The Labute approximate surface area is 77.8 Å². The molecule has 0 unspecified atom stereocenters. The molecule has 1 fully saturated rings. The molecule has 0 aromatic carbocycles. The normalized spacial score (nSPS) is 22.9. The molecular weight excluding hydrogens is 164 g/mol. The molecule has 0 bridgehead atoms. The first-order chi connectivity index (χ1) is 6.38. The summed E-state index contributed by atoms with van der Waals surface area (Å²) in [6.07, 6.45) is 5.24. The van der Waals surface area contributed by atoms with Crippen LogP contribution in [0, 0.1) is 0 Å². The predicted octanol–water partition coefficient (Wildman–Crippen LogP) is 1.60. The lowest BCUT2D eigenvalue weighted by Crippen LogP contribution is -2.27. The second-order valence-electron chi connectivity index (χ2n) is 3.41. The maximum absolute atomic E-state index is 9.56. The standard InChI is InChI=1S/C10H14N2O/c13-9-5-3-7-12-10(9)8-4-1-2-6-11-8/h3,5,7-8,11,13H,1-2,4,6H2/t8-/m0/s1. The molecule has 0 amide bonds. The van der Waals surface area contributed by atoms with E-state index in [1.165, 1.54) is 12.8 Å². The summed E-state index contributed by atoms with van der Waals surface area (Å²) in [5.74, 6) is 0.307. The molecule has 0 aliphatic carbocycles. The van der Waals surface area contributed by atoms with E-state index in [0.29, 0.717) is 5.75 Å². The van der Waals surface area contributed by atoms with Crippen molar-refractivity contribution in [1.29, 1.82) is 0 Å². The van der Waals surface area contributed by atoms with Crippen molar-refractivity contribution in [3.63, 3.8) is 0 Å². The number of aromatic hydroxyl groups is 1. The van der Waals surface area contributed by atoms with Gasteiger partial charge in [-0.3, -0.25) is 4.98 Å². The smallest absolute Gasteiger partial charge is 0.138 e. The van der Waals surface area contributed by atoms with Gasteiger partial charge in [0.05, 0.1) is 11.7 Å². The number of nitrogens with zero attached hydrogens (tertiary/aromatic N) is 1. The van der Waals surface area contributed by atoms with E-state index in [-0.39, 0.29) is 6.04 Å². The summed E-state index contributed by atoms with van der Waals surface area (Å²) in [5, 5.41) is 12.9. The first-order valence-electron chi connectivity index (χ1n) is 4.75. The van der Waals surface area contributed by atoms with Crippen molar-refractivity contribution in [2.75, 3.05) is 6.54 Å². The number of nitrogens with one attached hydrogen (secondary N) is 1. The molecule has 3 heteroatoms. The van der Waals surface area contributed by atoms with Crippen LogP contribution in [0.3, 0.4) is 0 Å². The first kappa shape index (κ1) is 8.51. The number of pyridine rings is 1. The van der Waals surface area contributed by atoms with Crippen molar-refractivity contribution in [1.82, 2.24) is 10.3 Å². The van der Waals surface area contributed by atoms with E-state index in [1.54, 1.807) is 18.3 Å². The highest BCUT2D eigenvalue weighted by atomic mass is 16.3. The van der Waals surface area contributed by atoms with Crippen LogP contribution in [0.2, 0.25) is 0 Å². The van der Waals surface area contributed by atoms with Crippen molar-refractivity contribution in [3.05, 3.63) is 24.0 Å². The van der Waals surface area contributed by atoms with Gasteiger partial charge in [0, 0.05) is 6.20 Å². The summed E-state index contributed by atoms with van der Waals surface area (Å²) >= 11 is 0. The van der Waals surface area contributed by atoms with Gasteiger partial charge in [0.1, 0.15) is 5.75 Å². The van der Waals surface area contributed by atoms with E-state index in [4.69, 9.17) is 0 Å². The molecule has 0 radical (unpaired) electrons. The Morgan fingerprint density at radius 1 is 1.46 bits per heavy atom. The van der Waals surface area contributed by atoms with E-state index in [0.717, 1.165) is 18.7 Å². The Morgan fingerprint density at radius 3 is 3.08 bits per heavy atom. The van der Waals surface area contributed by atoms with E-state index in [9.17, 15) is 5.11 Å². The lowest BCUT2D eigenvalue weighted by molar-refractivity contribution is 0.382. The highest BCUT2D eigenvalue weighted by Gasteiger charge is 2.18. The minimum Gasteiger partial charge on any atom is -0.506 e. The molecule has 3 nitrogen and oxygen atoms in total. The minimum absolute atomic E-state index is 0.245. The largest absolute Gasteiger partial charge is 0.506 e. The second kappa shape index (κ2) is 3.75. The topological polar surface area (TPSA) is 45.2 Å². The van der Waals surface area contributed by atoms with Gasteiger partial charge in [-0.25, -0.2) is 0 Å². The zero-order valence-corrected chi connectivity index (χ0v) is 7.53. The van der Waals surface area contributed by atoms with Gasteiger partial charge in [-0.05, 0) is 31.5 Å². The van der Waals surface area contributed by atoms with Crippen LogP contribution in [0.15, 0.2) is 18.3 Å². The Kier molecular flexibility index (Phi) is 2.45. The van der Waals surface area contributed by atoms with E-state index >= 15 is 0 Å². The molecule has 1 aromatic heterocycles. The summed E-state index contributed by atoms with van der Waals surface area (Å²) in [7, 11) is 0. The van der Waals surface area contributed by atoms with Gasteiger partial charge in [-0.15, -0.1) is 0 Å². The molecule has 2 rings (SSSR count). The van der Waals surface area contributed by atoms with Gasteiger partial charge >= 0.3 is 0 Å². The number of aromatic nitrogens is 1. The van der Waals surface area contributed by atoms with Crippen LogP contribution in [0.4, 0.5) is 0 Å². The summed E-state index contributed by atoms with van der Waals surface area (Å²) in [6.45, 7) is 1.03.